The first-order valence-electron chi connectivity index (χ1n) is 8.85. The van der Waals surface area contributed by atoms with Crippen molar-refractivity contribution in [3.05, 3.63) is 51.5 Å². The van der Waals surface area contributed by atoms with Crippen LogP contribution in [0.1, 0.15) is 18.4 Å². The summed E-state index contributed by atoms with van der Waals surface area (Å²) < 4.78 is 12.3. The second kappa shape index (κ2) is 9.44. The number of nitrogens with one attached hydrogen (secondary N) is 2. The summed E-state index contributed by atoms with van der Waals surface area (Å²) in [6, 6.07) is 11.1. The molecule has 0 aliphatic carbocycles. The topological polar surface area (TPSA) is 59.6 Å². The second-order valence-electron chi connectivity index (χ2n) is 6.47. The van der Waals surface area contributed by atoms with Gasteiger partial charge in [-0.05, 0) is 71.6 Å². The van der Waals surface area contributed by atoms with Crippen LogP contribution in [-0.2, 0) is 9.53 Å². The fourth-order valence-corrected chi connectivity index (χ4v) is 3.58. The van der Waals surface area contributed by atoms with Crippen molar-refractivity contribution in [1.29, 1.82) is 0 Å². The standard InChI is InChI=1S/C20H22BrClN2O3/c1-13-4-6-17(16(21)9-13)24-20(25)11-23-18-10-14(22)5-7-19(18)27-12-15-3-2-8-26-15/h4-7,9-10,15,23H,2-3,8,11-12H2,1H3,(H,24,25). The van der Waals surface area contributed by atoms with Crippen LogP contribution in [0.15, 0.2) is 40.9 Å². The third-order valence-electron chi connectivity index (χ3n) is 4.23. The molecule has 1 amide bonds. The number of benzene rings is 2. The summed E-state index contributed by atoms with van der Waals surface area (Å²) in [5, 5.41) is 6.55. The van der Waals surface area contributed by atoms with E-state index < -0.39 is 0 Å². The average Bonchev–Trinajstić information content (AvgIpc) is 3.15. The molecule has 0 aromatic heterocycles. The molecule has 2 aromatic rings. The molecule has 1 saturated heterocycles. The molecule has 7 heteroatoms. The van der Waals surface area contributed by atoms with E-state index in [9.17, 15) is 4.79 Å². The molecular formula is C20H22BrClN2O3. The lowest BCUT2D eigenvalue weighted by Crippen LogP contribution is -2.22. The Morgan fingerprint density at radius 2 is 2.15 bits per heavy atom. The van der Waals surface area contributed by atoms with E-state index in [2.05, 4.69) is 26.6 Å². The Balaban J connectivity index is 1.58. The maximum absolute atomic E-state index is 12.3. The van der Waals surface area contributed by atoms with Gasteiger partial charge >= 0.3 is 0 Å². The number of anilines is 2. The number of halogens is 2. The summed E-state index contributed by atoms with van der Waals surface area (Å²) >= 11 is 9.56. The van der Waals surface area contributed by atoms with Crippen molar-refractivity contribution in [2.24, 2.45) is 0 Å². The van der Waals surface area contributed by atoms with Crippen LogP contribution in [0, 0.1) is 6.92 Å². The Hall–Kier alpha value is -1.76. The number of ether oxygens (including phenoxy) is 2. The fraction of sp³-hybridized carbons (Fsp3) is 0.350. The highest BCUT2D eigenvalue weighted by Gasteiger charge is 2.17. The molecule has 0 bridgehead atoms. The van der Waals surface area contributed by atoms with Crippen molar-refractivity contribution >= 4 is 44.8 Å². The highest BCUT2D eigenvalue weighted by molar-refractivity contribution is 9.10. The third kappa shape index (κ3) is 5.86. The molecule has 1 unspecified atom stereocenters. The van der Waals surface area contributed by atoms with Gasteiger partial charge in [0.15, 0.2) is 0 Å². The van der Waals surface area contributed by atoms with Gasteiger partial charge in [-0.3, -0.25) is 4.79 Å². The number of carbonyl (C=O) groups is 1. The highest BCUT2D eigenvalue weighted by atomic mass is 79.9. The molecule has 1 heterocycles. The minimum Gasteiger partial charge on any atom is -0.489 e. The summed E-state index contributed by atoms with van der Waals surface area (Å²) in [5.41, 5.74) is 2.52. The van der Waals surface area contributed by atoms with Gasteiger partial charge in [0.25, 0.3) is 0 Å². The maximum atomic E-state index is 12.3. The van der Waals surface area contributed by atoms with Crippen LogP contribution < -0.4 is 15.4 Å². The van der Waals surface area contributed by atoms with Gasteiger partial charge in [0.1, 0.15) is 12.4 Å². The molecule has 5 nitrogen and oxygen atoms in total. The van der Waals surface area contributed by atoms with Crippen LogP contribution in [-0.4, -0.2) is 31.8 Å². The molecule has 3 rings (SSSR count). The second-order valence-corrected chi connectivity index (χ2v) is 7.76. The minimum absolute atomic E-state index is 0.0942. The van der Waals surface area contributed by atoms with Gasteiger partial charge in [0, 0.05) is 16.1 Å². The van der Waals surface area contributed by atoms with E-state index in [1.807, 2.05) is 25.1 Å². The lowest BCUT2D eigenvalue weighted by Gasteiger charge is -2.16. The summed E-state index contributed by atoms with van der Waals surface area (Å²) in [6.07, 6.45) is 2.19. The third-order valence-corrected chi connectivity index (χ3v) is 5.12. The van der Waals surface area contributed by atoms with Crippen molar-refractivity contribution < 1.29 is 14.3 Å². The number of hydrogen-bond donors (Lipinski definition) is 2. The molecule has 1 aliphatic heterocycles. The van der Waals surface area contributed by atoms with E-state index >= 15 is 0 Å². The molecule has 1 atom stereocenters. The molecule has 27 heavy (non-hydrogen) atoms. The quantitative estimate of drug-likeness (QED) is 0.618. The Bertz CT molecular complexity index is 810. The Morgan fingerprint density at radius 1 is 1.30 bits per heavy atom. The van der Waals surface area contributed by atoms with E-state index in [-0.39, 0.29) is 18.6 Å². The van der Waals surface area contributed by atoms with Crippen LogP contribution in [0.25, 0.3) is 0 Å². The van der Waals surface area contributed by atoms with E-state index in [1.54, 1.807) is 18.2 Å². The van der Waals surface area contributed by atoms with Gasteiger partial charge in [0.05, 0.1) is 24.0 Å². The molecule has 2 N–H and O–H groups in total. The van der Waals surface area contributed by atoms with E-state index in [0.717, 1.165) is 35.2 Å². The van der Waals surface area contributed by atoms with E-state index in [1.165, 1.54) is 0 Å². The van der Waals surface area contributed by atoms with E-state index in [0.29, 0.717) is 23.1 Å². The van der Waals surface area contributed by atoms with Crippen molar-refractivity contribution in [3.63, 3.8) is 0 Å². The predicted octanol–water partition coefficient (Wildman–Crippen LogP) is 5.02. The predicted molar refractivity (Wildman–Crippen MR) is 112 cm³/mol. The summed E-state index contributed by atoms with van der Waals surface area (Å²) in [6.45, 7) is 3.36. The zero-order valence-corrected chi connectivity index (χ0v) is 17.4. The van der Waals surface area contributed by atoms with Crippen LogP contribution in [0.5, 0.6) is 5.75 Å². The Kier molecular flexibility index (Phi) is 6.99. The molecule has 0 spiro atoms. The smallest absolute Gasteiger partial charge is 0.243 e. The molecular weight excluding hydrogens is 432 g/mol. The van der Waals surface area contributed by atoms with Gasteiger partial charge < -0.3 is 20.1 Å². The first-order valence-corrected chi connectivity index (χ1v) is 10.0. The summed E-state index contributed by atoms with van der Waals surface area (Å²) in [5.74, 6) is 0.490. The molecule has 1 aliphatic rings. The van der Waals surface area contributed by atoms with E-state index in [4.69, 9.17) is 21.1 Å². The Labute approximate surface area is 172 Å². The molecule has 1 fully saturated rings. The lowest BCUT2D eigenvalue weighted by molar-refractivity contribution is -0.114. The van der Waals surface area contributed by atoms with Crippen molar-refractivity contribution in [2.75, 3.05) is 30.4 Å². The van der Waals surface area contributed by atoms with Crippen molar-refractivity contribution in [3.8, 4) is 5.75 Å². The molecule has 2 aromatic carbocycles. The molecule has 0 saturated carbocycles. The minimum atomic E-state index is -0.162. The van der Waals surface area contributed by atoms with Crippen LogP contribution in [0.4, 0.5) is 11.4 Å². The van der Waals surface area contributed by atoms with Gasteiger partial charge in [-0.2, -0.15) is 0 Å². The molecule has 0 radical (unpaired) electrons. The zero-order valence-electron chi connectivity index (χ0n) is 15.1. The average molecular weight is 454 g/mol. The number of amides is 1. The number of carbonyl (C=O) groups excluding carboxylic acids is 1. The van der Waals surface area contributed by atoms with Crippen LogP contribution in [0.2, 0.25) is 5.02 Å². The first-order chi connectivity index (χ1) is 13.0. The summed E-state index contributed by atoms with van der Waals surface area (Å²) in [7, 11) is 0. The zero-order chi connectivity index (χ0) is 19.2. The normalized spacial score (nSPS) is 16.2. The highest BCUT2D eigenvalue weighted by Crippen LogP contribution is 2.29. The number of rotatable bonds is 7. The van der Waals surface area contributed by atoms with Crippen LogP contribution >= 0.6 is 27.5 Å². The lowest BCUT2D eigenvalue weighted by atomic mass is 10.2. The first kappa shape index (κ1) is 20.0. The van der Waals surface area contributed by atoms with Gasteiger partial charge in [-0.1, -0.05) is 17.7 Å². The number of aryl methyl sites for hydroxylation is 1. The number of hydrogen-bond acceptors (Lipinski definition) is 4. The van der Waals surface area contributed by atoms with Crippen molar-refractivity contribution in [1.82, 2.24) is 0 Å². The van der Waals surface area contributed by atoms with Gasteiger partial charge in [-0.25, -0.2) is 0 Å². The maximum Gasteiger partial charge on any atom is 0.243 e. The van der Waals surface area contributed by atoms with Crippen LogP contribution in [0.3, 0.4) is 0 Å². The van der Waals surface area contributed by atoms with Gasteiger partial charge in [-0.15, -0.1) is 0 Å². The SMILES string of the molecule is Cc1ccc(NC(=O)CNc2cc(Cl)ccc2OCC2CCCO2)c(Br)c1. The Morgan fingerprint density at radius 3 is 2.89 bits per heavy atom. The fourth-order valence-electron chi connectivity index (χ4n) is 2.82. The van der Waals surface area contributed by atoms with Crippen molar-refractivity contribution in [2.45, 2.75) is 25.9 Å². The van der Waals surface area contributed by atoms with Gasteiger partial charge in [0.2, 0.25) is 5.91 Å². The largest absolute Gasteiger partial charge is 0.489 e. The summed E-state index contributed by atoms with van der Waals surface area (Å²) in [4.78, 5) is 12.3. The molecule has 144 valence electrons. The monoisotopic (exact) mass is 452 g/mol.